The Morgan fingerprint density at radius 2 is 0.348 bits per heavy atom. The minimum absolute atomic E-state index is 0. The summed E-state index contributed by atoms with van der Waals surface area (Å²) in [4.78, 5) is 0. The van der Waals surface area contributed by atoms with Gasteiger partial charge in [-0.25, -0.2) is 0 Å². The Bertz CT molecular complexity index is 1280. The van der Waals surface area contributed by atoms with Crippen LogP contribution in [0.15, 0.2) is 0 Å². The van der Waals surface area contributed by atoms with Crippen molar-refractivity contribution in [1.29, 1.82) is 0 Å². The van der Waals surface area contributed by atoms with E-state index < -0.39 is 13.8 Å². The molecule has 0 bridgehead atoms. The molecule has 10 aliphatic rings. The fourth-order valence-electron chi connectivity index (χ4n) is 20.4. The third-order valence-electron chi connectivity index (χ3n) is 23.3. The molecular formula is C64H118P4Pd+2. The van der Waals surface area contributed by atoms with Crippen LogP contribution in [-0.2, 0) is 20.4 Å². The molecule has 0 aliphatic heterocycles. The second-order valence-electron chi connectivity index (χ2n) is 26.8. The van der Waals surface area contributed by atoms with Gasteiger partial charge in [-0.2, -0.15) is 0 Å². The fraction of sp³-hybridized carbons (Fsp3) is 0.969. The first-order valence-electron chi connectivity index (χ1n) is 32.8. The van der Waals surface area contributed by atoms with Gasteiger partial charge in [0.25, 0.3) is 0 Å². The monoisotopic (exact) mass is 1120 g/mol. The molecule has 0 amide bonds. The standard InChI is InChI=1S/2C32H58P2.Pd/c2*1-27(33(28-17-7-2-8-18-28)29-19-9-3-10-20-29)34(30-21-11-4-12-22-30,31-23-13-5-14-24-31)32-25-15-6-16-26-32;/h2*28-32H,2-26H2,1H3;/p+2. The van der Waals surface area contributed by atoms with Gasteiger partial charge in [-0.05, 0) is 228 Å². The number of rotatable bonds is 12. The average Bonchev–Trinajstić information content (AvgIpc) is 3.43. The summed E-state index contributed by atoms with van der Waals surface area (Å²) in [5, 5.41) is 4.73. The summed E-state index contributed by atoms with van der Waals surface area (Å²) >= 11 is 0. The summed E-state index contributed by atoms with van der Waals surface area (Å²) in [6, 6.07) is 0. The van der Waals surface area contributed by atoms with Crippen molar-refractivity contribution in [3.63, 3.8) is 0 Å². The molecule has 0 radical (unpaired) electrons. The van der Waals surface area contributed by atoms with Gasteiger partial charge in [-0.1, -0.05) is 155 Å². The molecule has 0 spiro atoms. The molecule has 10 aliphatic carbocycles. The van der Waals surface area contributed by atoms with Crippen molar-refractivity contribution >= 4 is 39.7 Å². The van der Waals surface area contributed by atoms with Gasteiger partial charge in [-0.15, -0.1) is 0 Å². The van der Waals surface area contributed by atoms with Crippen LogP contribution in [0.3, 0.4) is 0 Å². The van der Waals surface area contributed by atoms with Crippen molar-refractivity contribution in [2.75, 3.05) is 0 Å². The zero-order valence-electron chi connectivity index (χ0n) is 46.3. The maximum Gasteiger partial charge on any atom is 0.0721 e. The van der Waals surface area contributed by atoms with E-state index >= 15 is 0 Å². The molecule has 0 N–H and O–H groups in total. The van der Waals surface area contributed by atoms with E-state index in [1.165, 1.54) is 34.0 Å². The Morgan fingerprint density at radius 3 is 0.493 bits per heavy atom. The van der Waals surface area contributed by atoms with Crippen molar-refractivity contribution in [1.82, 2.24) is 0 Å². The Balaban J connectivity index is 0.000000183. The van der Waals surface area contributed by atoms with Crippen LogP contribution < -0.4 is 0 Å². The molecule has 0 atom stereocenters. The van der Waals surface area contributed by atoms with E-state index in [0.717, 1.165) is 22.6 Å². The second-order valence-corrected chi connectivity index (χ2v) is 43.3. The van der Waals surface area contributed by atoms with Crippen molar-refractivity contribution in [3.05, 3.63) is 0 Å². The third kappa shape index (κ3) is 13.7. The van der Waals surface area contributed by atoms with E-state index in [-0.39, 0.29) is 36.3 Å². The first-order chi connectivity index (χ1) is 33.6. The number of hydrogen-bond donors (Lipinski definition) is 0. The van der Waals surface area contributed by atoms with Gasteiger partial charge in [0.05, 0.1) is 32.7 Å². The van der Waals surface area contributed by atoms with Crippen LogP contribution in [-0.4, -0.2) is 66.7 Å². The zero-order valence-corrected chi connectivity index (χ0v) is 51.7. The van der Waals surface area contributed by atoms with Gasteiger partial charge < -0.3 is 0 Å². The first-order valence-corrected chi connectivity index (χ1v) is 40.1. The Labute approximate surface area is 448 Å². The number of hydrogen-bond acceptors (Lipinski definition) is 0. The molecule has 0 aromatic rings. The zero-order chi connectivity index (χ0) is 46.4. The molecular weight excluding hydrogens is 999 g/mol. The van der Waals surface area contributed by atoms with Crippen LogP contribution in [0.5, 0.6) is 0 Å². The van der Waals surface area contributed by atoms with Gasteiger partial charge in [0.1, 0.15) is 0 Å². The van der Waals surface area contributed by atoms with E-state index in [1.807, 2.05) is 0 Å². The normalized spacial score (nSPS) is 28.0. The second kappa shape index (κ2) is 29.7. The van der Waals surface area contributed by atoms with Gasteiger partial charge in [-0.3, -0.25) is 0 Å². The largest absolute Gasteiger partial charge is 0.0721 e. The Hall–Kier alpha value is 2.12. The summed E-state index contributed by atoms with van der Waals surface area (Å²) in [7, 11) is -0.717. The minimum Gasteiger partial charge on any atom is -0.0579 e. The van der Waals surface area contributed by atoms with E-state index in [1.54, 1.807) is 321 Å². The van der Waals surface area contributed by atoms with Crippen molar-refractivity contribution in [3.8, 4) is 0 Å². The first kappa shape index (κ1) is 57.3. The van der Waals surface area contributed by atoms with Crippen molar-refractivity contribution in [2.45, 2.75) is 391 Å². The molecule has 69 heavy (non-hydrogen) atoms. The molecule has 0 nitrogen and oxygen atoms in total. The smallest absolute Gasteiger partial charge is 0.0579 e. The molecule has 402 valence electrons. The fourth-order valence-corrected chi connectivity index (χ4v) is 51.5. The third-order valence-corrected chi connectivity index (χ3v) is 47.3. The van der Waals surface area contributed by atoms with E-state index in [2.05, 4.69) is 23.9 Å². The molecule has 0 unspecified atom stereocenters. The molecule has 10 fully saturated rings. The SMILES string of the molecule is CC([PH+](C1CCCCC1)C1CCCCC1)=P(C1CCCCC1)(C1CCCCC1)C1CCCCC1.CC([PH+](C1CCCCC1)C1CCCCC1)=P(C1CCCCC1)(C1CCCCC1)C1CCCCC1.[Pd]. The van der Waals surface area contributed by atoms with Crippen LogP contribution in [0.1, 0.15) is 335 Å². The predicted molar refractivity (Wildman–Crippen MR) is 321 cm³/mol. The molecule has 10 rings (SSSR count). The molecule has 0 heterocycles. The summed E-state index contributed by atoms with van der Waals surface area (Å²) in [6.45, 7) is 3.79. The average molecular weight is 1120 g/mol. The van der Waals surface area contributed by atoms with Gasteiger partial charge >= 0.3 is 0 Å². The predicted octanol–water partition coefficient (Wildman–Crippen LogP) is 22.1. The molecule has 0 aromatic carbocycles. The molecule has 0 aromatic heterocycles. The van der Waals surface area contributed by atoms with Gasteiger partial charge in [0, 0.05) is 36.3 Å². The van der Waals surface area contributed by atoms with Crippen LogP contribution in [0, 0.1) is 0 Å². The van der Waals surface area contributed by atoms with E-state index in [9.17, 15) is 0 Å². The van der Waals surface area contributed by atoms with Crippen LogP contribution in [0.2, 0.25) is 0 Å². The van der Waals surface area contributed by atoms with Crippen LogP contribution in [0.4, 0.5) is 0 Å². The molecule has 10 saturated carbocycles. The Morgan fingerprint density at radius 1 is 0.217 bits per heavy atom. The summed E-state index contributed by atoms with van der Waals surface area (Å²) in [5.41, 5.74) is 11.7. The molecule has 5 heteroatoms. The molecule has 0 saturated heterocycles. The maximum atomic E-state index is 2.93. The Kier molecular flexibility index (Phi) is 24.7. The van der Waals surface area contributed by atoms with Gasteiger partial charge in [0.15, 0.2) is 0 Å². The summed E-state index contributed by atoms with van der Waals surface area (Å²) < 4.78 is 0. The van der Waals surface area contributed by atoms with Crippen molar-refractivity contribution in [2.24, 2.45) is 0 Å². The van der Waals surface area contributed by atoms with E-state index in [4.69, 9.17) is 0 Å². The van der Waals surface area contributed by atoms with Gasteiger partial charge in [0.2, 0.25) is 0 Å². The van der Waals surface area contributed by atoms with Crippen molar-refractivity contribution < 1.29 is 20.4 Å². The quantitative estimate of drug-likeness (QED) is 0.135. The summed E-state index contributed by atoms with van der Waals surface area (Å²) in [5.74, 6) is 0. The maximum absolute atomic E-state index is 2.93. The van der Waals surface area contributed by atoms with Crippen LogP contribution >= 0.6 is 29.6 Å². The topological polar surface area (TPSA) is 0 Å². The van der Waals surface area contributed by atoms with Crippen LogP contribution in [0.25, 0.3) is 0 Å². The summed E-state index contributed by atoms with van der Waals surface area (Å²) in [6.07, 6.45) is 79.7. The minimum atomic E-state index is -1.04. The van der Waals surface area contributed by atoms with E-state index in [0.29, 0.717) is 0 Å².